The standard InChI is InChI=1S/C26H28FN9O2.H2S/c1-15(18-5-4-6-19-23(25(38)28-3)20(27)13-32-24(18)19)10-31-22-9-21(35-14-36-22)17-11-33-26(34-12-17)30-8-7-29-16(2)37;/h4-6,9,11-15H,7-8,10H2,1-3H3,(H,28,38)(H,29,37)(H,30,33,34)(H,31,35,36);1H2/t15-;/m1./s1. The molecule has 0 fully saturated rings. The van der Waals surface area contributed by atoms with Crippen molar-refractivity contribution in [3.63, 3.8) is 0 Å². The van der Waals surface area contributed by atoms with Gasteiger partial charge in [-0.1, -0.05) is 25.1 Å². The van der Waals surface area contributed by atoms with E-state index in [4.69, 9.17) is 0 Å². The smallest absolute Gasteiger partial charge is 0.254 e. The zero-order chi connectivity index (χ0) is 27.1. The van der Waals surface area contributed by atoms with Crippen molar-refractivity contribution in [3.8, 4) is 11.3 Å². The molecule has 2 amide bonds. The largest absolute Gasteiger partial charge is 0.369 e. The normalized spacial score (nSPS) is 11.3. The van der Waals surface area contributed by atoms with Gasteiger partial charge in [0.25, 0.3) is 5.91 Å². The highest BCUT2D eigenvalue weighted by Crippen LogP contribution is 2.28. The number of nitrogens with one attached hydrogen (secondary N) is 4. The Kier molecular flexibility index (Phi) is 10.0. The Morgan fingerprint density at radius 1 is 1.00 bits per heavy atom. The minimum atomic E-state index is -0.661. The molecule has 4 rings (SSSR count). The Balaban J connectivity index is 0.00000420. The lowest BCUT2D eigenvalue weighted by Gasteiger charge is -2.17. The van der Waals surface area contributed by atoms with Crippen molar-refractivity contribution in [2.75, 3.05) is 37.3 Å². The first-order valence-corrected chi connectivity index (χ1v) is 12.0. The number of halogens is 1. The third-order valence-corrected chi connectivity index (χ3v) is 5.85. The molecule has 0 saturated heterocycles. The van der Waals surface area contributed by atoms with Gasteiger partial charge in [-0.05, 0) is 5.56 Å². The first kappa shape index (κ1) is 29.2. The molecule has 0 aliphatic heterocycles. The van der Waals surface area contributed by atoms with Crippen molar-refractivity contribution in [3.05, 3.63) is 66.1 Å². The maximum Gasteiger partial charge on any atom is 0.254 e. The summed E-state index contributed by atoms with van der Waals surface area (Å²) in [5.41, 5.74) is 2.81. The van der Waals surface area contributed by atoms with E-state index in [2.05, 4.69) is 46.2 Å². The highest BCUT2D eigenvalue weighted by Gasteiger charge is 2.19. The van der Waals surface area contributed by atoms with Crippen LogP contribution in [0.2, 0.25) is 0 Å². The van der Waals surface area contributed by atoms with Crippen LogP contribution < -0.4 is 21.3 Å². The van der Waals surface area contributed by atoms with E-state index in [1.54, 1.807) is 30.6 Å². The number of hydrogen-bond donors (Lipinski definition) is 4. The Morgan fingerprint density at radius 2 is 1.77 bits per heavy atom. The lowest BCUT2D eigenvalue weighted by molar-refractivity contribution is -0.118. The number of carbonyl (C=O) groups excluding carboxylic acids is 2. The number of hydrogen-bond acceptors (Lipinski definition) is 9. The lowest BCUT2D eigenvalue weighted by Crippen LogP contribution is -2.26. The lowest BCUT2D eigenvalue weighted by atomic mass is 9.96. The van der Waals surface area contributed by atoms with Gasteiger partial charge in [-0.25, -0.2) is 24.3 Å². The number of anilines is 2. The molecule has 204 valence electrons. The molecule has 13 heteroatoms. The molecular formula is C26H30FN9O2S. The third-order valence-electron chi connectivity index (χ3n) is 5.85. The molecule has 39 heavy (non-hydrogen) atoms. The summed E-state index contributed by atoms with van der Waals surface area (Å²) in [4.78, 5) is 44.7. The summed E-state index contributed by atoms with van der Waals surface area (Å²) in [6.07, 6.45) is 5.86. The highest BCUT2D eigenvalue weighted by molar-refractivity contribution is 7.59. The van der Waals surface area contributed by atoms with Crippen molar-refractivity contribution in [2.24, 2.45) is 0 Å². The molecule has 0 bridgehead atoms. The molecule has 0 aliphatic rings. The van der Waals surface area contributed by atoms with Crippen LogP contribution in [0.15, 0.2) is 49.2 Å². The minimum Gasteiger partial charge on any atom is -0.369 e. The first-order chi connectivity index (χ1) is 18.4. The molecule has 0 radical (unpaired) electrons. The minimum absolute atomic E-state index is 0. The van der Waals surface area contributed by atoms with Crippen molar-refractivity contribution < 1.29 is 14.0 Å². The van der Waals surface area contributed by atoms with Gasteiger partial charge in [0, 0.05) is 68.9 Å². The van der Waals surface area contributed by atoms with Crippen LogP contribution >= 0.6 is 13.5 Å². The van der Waals surface area contributed by atoms with E-state index in [1.165, 1.54) is 20.3 Å². The quantitative estimate of drug-likeness (QED) is 0.219. The summed E-state index contributed by atoms with van der Waals surface area (Å²) >= 11 is 0. The zero-order valence-electron chi connectivity index (χ0n) is 21.7. The zero-order valence-corrected chi connectivity index (χ0v) is 22.7. The van der Waals surface area contributed by atoms with E-state index in [1.807, 2.05) is 13.0 Å². The van der Waals surface area contributed by atoms with Crippen LogP contribution in [0.4, 0.5) is 16.2 Å². The number of nitrogens with zero attached hydrogens (tertiary/aromatic N) is 5. The predicted octanol–water partition coefficient (Wildman–Crippen LogP) is 2.86. The van der Waals surface area contributed by atoms with Gasteiger partial charge in [0.2, 0.25) is 11.9 Å². The number of aromatic nitrogens is 5. The van der Waals surface area contributed by atoms with E-state index < -0.39 is 11.7 Å². The Labute approximate surface area is 231 Å². The second-order valence-electron chi connectivity index (χ2n) is 8.58. The van der Waals surface area contributed by atoms with E-state index >= 15 is 0 Å². The summed E-state index contributed by atoms with van der Waals surface area (Å²) in [6, 6.07) is 7.21. The molecule has 4 aromatic rings. The van der Waals surface area contributed by atoms with Gasteiger partial charge in [0.05, 0.1) is 23.0 Å². The van der Waals surface area contributed by atoms with E-state index in [0.29, 0.717) is 48.0 Å². The van der Waals surface area contributed by atoms with Crippen molar-refractivity contribution in [2.45, 2.75) is 19.8 Å². The molecular weight excluding hydrogens is 521 g/mol. The van der Waals surface area contributed by atoms with Crippen LogP contribution in [0.3, 0.4) is 0 Å². The second kappa shape index (κ2) is 13.4. The van der Waals surface area contributed by atoms with Gasteiger partial charge < -0.3 is 21.3 Å². The molecule has 4 N–H and O–H groups in total. The predicted molar refractivity (Wildman–Crippen MR) is 153 cm³/mol. The van der Waals surface area contributed by atoms with Crippen LogP contribution in [-0.2, 0) is 4.79 Å². The molecule has 3 heterocycles. The first-order valence-electron chi connectivity index (χ1n) is 12.0. The fraction of sp³-hybridized carbons (Fsp3) is 0.269. The van der Waals surface area contributed by atoms with Gasteiger partial charge in [-0.3, -0.25) is 14.6 Å². The van der Waals surface area contributed by atoms with Crippen molar-refractivity contribution in [1.29, 1.82) is 0 Å². The Hall–Kier alpha value is -4.39. The molecule has 0 saturated carbocycles. The van der Waals surface area contributed by atoms with Crippen LogP contribution in [0, 0.1) is 5.82 Å². The maximum atomic E-state index is 14.4. The molecule has 0 spiro atoms. The van der Waals surface area contributed by atoms with Crippen LogP contribution in [0.1, 0.15) is 35.7 Å². The van der Waals surface area contributed by atoms with Crippen LogP contribution in [0.25, 0.3) is 22.2 Å². The van der Waals surface area contributed by atoms with Gasteiger partial charge in [-0.2, -0.15) is 13.5 Å². The van der Waals surface area contributed by atoms with Crippen LogP contribution in [0.5, 0.6) is 0 Å². The molecule has 1 aromatic carbocycles. The average molecular weight is 552 g/mol. The average Bonchev–Trinajstić information content (AvgIpc) is 2.93. The van der Waals surface area contributed by atoms with Crippen molar-refractivity contribution >= 4 is 48.0 Å². The summed E-state index contributed by atoms with van der Waals surface area (Å²) in [6.45, 7) is 4.97. The highest BCUT2D eigenvalue weighted by atomic mass is 32.1. The van der Waals surface area contributed by atoms with Gasteiger partial charge >= 0.3 is 0 Å². The SMILES string of the molecule is CNC(=O)c1c(F)cnc2c([C@H](C)CNc3cc(-c4cnc(NCCNC(C)=O)nc4)ncn3)cccc12.S. The second-order valence-corrected chi connectivity index (χ2v) is 8.58. The van der Waals surface area contributed by atoms with Gasteiger partial charge in [0.1, 0.15) is 12.1 Å². The molecule has 0 aliphatic carbocycles. The monoisotopic (exact) mass is 551 g/mol. The van der Waals surface area contributed by atoms with Crippen LogP contribution in [-0.4, -0.2) is 63.4 Å². The van der Waals surface area contributed by atoms with Crippen molar-refractivity contribution in [1.82, 2.24) is 35.6 Å². The summed E-state index contributed by atoms with van der Waals surface area (Å²) in [5.74, 6) is -0.216. The van der Waals surface area contributed by atoms with E-state index in [9.17, 15) is 14.0 Å². The van der Waals surface area contributed by atoms with Gasteiger partial charge in [0.15, 0.2) is 5.82 Å². The maximum absolute atomic E-state index is 14.4. The number of para-hydroxylation sites is 1. The molecule has 1 atom stereocenters. The number of amides is 2. The third kappa shape index (κ3) is 7.13. The summed E-state index contributed by atoms with van der Waals surface area (Å²) in [7, 11) is 1.47. The molecule has 0 unspecified atom stereocenters. The Bertz CT molecular complexity index is 1450. The molecule has 3 aromatic heterocycles. The van der Waals surface area contributed by atoms with E-state index in [0.717, 1.165) is 17.3 Å². The summed E-state index contributed by atoms with van der Waals surface area (Å²) < 4.78 is 14.4. The number of pyridine rings is 1. The fourth-order valence-corrected chi connectivity index (χ4v) is 3.92. The number of rotatable bonds is 10. The fourth-order valence-electron chi connectivity index (χ4n) is 3.92. The molecule has 11 nitrogen and oxygen atoms in total. The number of fused-ring (bicyclic) bond motifs is 1. The van der Waals surface area contributed by atoms with E-state index in [-0.39, 0.29) is 30.9 Å². The summed E-state index contributed by atoms with van der Waals surface area (Å²) in [5, 5.41) is 12.0. The number of benzene rings is 1. The Morgan fingerprint density at radius 3 is 2.49 bits per heavy atom. The number of carbonyl (C=O) groups is 2. The van der Waals surface area contributed by atoms with Gasteiger partial charge in [-0.15, -0.1) is 0 Å². The topological polar surface area (TPSA) is 147 Å².